The third kappa shape index (κ3) is 2.74. The molecular formula is C15H15NO5. The van der Waals surface area contributed by atoms with Crippen LogP contribution in [-0.2, 0) is 4.74 Å². The fourth-order valence-corrected chi connectivity index (χ4v) is 2.08. The first-order valence-electron chi connectivity index (χ1n) is 6.17. The van der Waals surface area contributed by atoms with Crippen molar-refractivity contribution < 1.29 is 19.4 Å². The molecule has 0 spiro atoms. The number of aryl methyl sites for hydroxylation is 1. The molecule has 6 heteroatoms. The van der Waals surface area contributed by atoms with Gasteiger partial charge in [0.1, 0.15) is 11.5 Å². The van der Waals surface area contributed by atoms with E-state index in [-0.39, 0.29) is 16.9 Å². The van der Waals surface area contributed by atoms with Gasteiger partial charge in [0, 0.05) is 11.3 Å². The molecule has 0 atom stereocenters. The van der Waals surface area contributed by atoms with Crippen LogP contribution in [0.15, 0.2) is 29.1 Å². The second kappa shape index (κ2) is 5.70. The number of aromatic amines is 1. The zero-order chi connectivity index (χ0) is 15.6. The number of carbonyl (C=O) groups excluding carboxylic acids is 1. The van der Waals surface area contributed by atoms with Gasteiger partial charge in [0.15, 0.2) is 0 Å². The van der Waals surface area contributed by atoms with Crippen LogP contribution in [-0.4, -0.2) is 30.3 Å². The fraction of sp³-hybridized carbons (Fsp3) is 0.200. The van der Waals surface area contributed by atoms with E-state index in [4.69, 9.17) is 4.74 Å². The Morgan fingerprint density at radius 2 is 1.95 bits per heavy atom. The number of aromatic hydroxyl groups is 1. The molecule has 0 fully saturated rings. The maximum Gasteiger partial charge on any atom is 0.337 e. The largest absolute Gasteiger partial charge is 0.507 e. The Morgan fingerprint density at radius 3 is 2.52 bits per heavy atom. The van der Waals surface area contributed by atoms with Crippen molar-refractivity contribution in [1.29, 1.82) is 0 Å². The van der Waals surface area contributed by atoms with Gasteiger partial charge in [-0.15, -0.1) is 0 Å². The number of methoxy groups -OCH3 is 2. The van der Waals surface area contributed by atoms with Crippen molar-refractivity contribution in [1.82, 2.24) is 4.98 Å². The molecule has 0 saturated heterocycles. The number of nitrogens with one attached hydrogen (secondary N) is 1. The lowest BCUT2D eigenvalue weighted by Crippen LogP contribution is -2.11. The summed E-state index contributed by atoms with van der Waals surface area (Å²) in [6.45, 7) is 1.66. The average molecular weight is 289 g/mol. The van der Waals surface area contributed by atoms with Gasteiger partial charge in [-0.25, -0.2) is 4.79 Å². The highest BCUT2D eigenvalue weighted by Gasteiger charge is 2.17. The van der Waals surface area contributed by atoms with Gasteiger partial charge < -0.3 is 19.6 Å². The summed E-state index contributed by atoms with van der Waals surface area (Å²) in [5, 5.41) is 10.0. The number of hydrogen-bond acceptors (Lipinski definition) is 5. The van der Waals surface area contributed by atoms with Gasteiger partial charge in [-0.1, -0.05) is 0 Å². The maximum absolute atomic E-state index is 12.1. The first kappa shape index (κ1) is 14.6. The van der Waals surface area contributed by atoms with Gasteiger partial charge in [0.2, 0.25) is 0 Å². The molecule has 0 aliphatic heterocycles. The monoisotopic (exact) mass is 289 g/mol. The molecule has 21 heavy (non-hydrogen) atoms. The van der Waals surface area contributed by atoms with Crippen LogP contribution in [0, 0.1) is 6.92 Å². The van der Waals surface area contributed by atoms with E-state index in [9.17, 15) is 14.7 Å². The zero-order valence-corrected chi connectivity index (χ0v) is 11.9. The van der Waals surface area contributed by atoms with Gasteiger partial charge in [-0.3, -0.25) is 4.79 Å². The molecule has 6 nitrogen and oxygen atoms in total. The van der Waals surface area contributed by atoms with Crippen molar-refractivity contribution in [2.45, 2.75) is 6.92 Å². The summed E-state index contributed by atoms with van der Waals surface area (Å²) < 4.78 is 9.84. The van der Waals surface area contributed by atoms with Crippen LogP contribution in [0.1, 0.15) is 16.1 Å². The van der Waals surface area contributed by atoms with Crippen LogP contribution in [0.4, 0.5) is 0 Å². The maximum atomic E-state index is 12.1. The molecule has 0 aliphatic rings. The predicted molar refractivity (Wildman–Crippen MR) is 76.8 cm³/mol. The molecule has 0 unspecified atom stereocenters. The number of esters is 1. The Kier molecular flexibility index (Phi) is 3.98. The van der Waals surface area contributed by atoms with Crippen molar-refractivity contribution in [3.05, 3.63) is 45.9 Å². The second-order valence-corrected chi connectivity index (χ2v) is 4.45. The minimum atomic E-state index is -0.540. The molecule has 0 saturated carbocycles. The fourth-order valence-electron chi connectivity index (χ4n) is 2.08. The molecular weight excluding hydrogens is 274 g/mol. The SMILES string of the molecule is COC(=O)c1ccc(OC)c(-c2c(O)cc(C)[nH]c2=O)c1. The highest BCUT2D eigenvalue weighted by atomic mass is 16.5. The summed E-state index contributed by atoms with van der Waals surface area (Å²) in [5.74, 6) is -0.356. The zero-order valence-electron chi connectivity index (χ0n) is 11.9. The van der Waals surface area contributed by atoms with E-state index in [1.54, 1.807) is 13.0 Å². The van der Waals surface area contributed by atoms with Crippen LogP contribution in [0.3, 0.4) is 0 Å². The van der Waals surface area contributed by atoms with Gasteiger partial charge in [0.05, 0.1) is 25.3 Å². The molecule has 110 valence electrons. The number of rotatable bonds is 3. The minimum absolute atomic E-state index is 0.0446. The van der Waals surface area contributed by atoms with Crippen LogP contribution in [0.2, 0.25) is 0 Å². The van der Waals surface area contributed by atoms with E-state index in [2.05, 4.69) is 9.72 Å². The summed E-state index contributed by atoms with van der Waals surface area (Å²) in [6.07, 6.45) is 0. The molecule has 2 aromatic rings. The first-order chi connectivity index (χ1) is 9.97. The molecule has 1 aromatic carbocycles. The smallest absolute Gasteiger partial charge is 0.337 e. The molecule has 2 N–H and O–H groups in total. The van der Waals surface area contributed by atoms with Crippen molar-refractivity contribution in [3.63, 3.8) is 0 Å². The van der Waals surface area contributed by atoms with Crippen LogP contribution >= 0.6 is 0 Å². The van der Waals surface area contributed by atoms with E-state index in [1.807, 2.05) is 0 Å². The number of carbonyl (C=O) groups is 1. The van der Waals surface area contributed by atoms with Crippen molar-refractivity contribution >= 4 is 5.97 Å². The van der Waals surface area contributed by atoms with Crippen LogP contribution in [0.25, 0.3) is 11.1 Å². The highest BCUT2D eigenvalue weighted by Crippen LogP contribution is 2.34. The van der Waals surface area contributed by atoms with Crippen molar-refractivity contribution in [3.8, 4) is 22.6 Å². The molecule has 2 rings (SSSR count). The van der Waals surface area contributed by atoms with Gasteiger partial charge in [0.25, 0.3) is 5.56 Å². The van der Waals surface area contributed by atoms with E-state index < -0.39 is 11.5 Å². The van der Waals surface area contributed by atoms with Gasteiger partial charge in [-0.05, 0) is 31.2 Å². The molecule has 1 heterocycles. The summed E-state index contributed by atoms with van der Waals surface area (Å²) in [4.78, 5) is 26.3. The van der Waals surface area contributed by atoms with E-state index in [1.165, 1.54) is 32.4 Å². The van der Waals surface area contributed by atoms with Gasteiger partial charge in [-0.2, -0.15) is 0 Å². The lowest BCUT2D eigenvalue weighted by atomic mass is 10.0. The minimum Gasteiger partial charge on any atom is -0.507 e. The Labute approximate surface area is 121 Å². The lowest BCUT2D eigenvalue weighted by Gasteiger charge is -2.11. The Balaban J connectivity index is 2.73. The number of H-pyrrole nitrogens is 1. The number of benzene rings is 1. The predicted octanol–water partition coefficient (Wildman–Crippen LogP) is 1.85. The number of hydrogen-bond donors (Lipinski definition) is 2. The standard InChI is InChI=1S/C15H15NO5/c1-8-6-11(17)13(14(18)16-8)10-7-9(15(19)21-3)4-5-12(10)20-2/h4-7H,1-3H3,(H2,16,17,18). The summed E-state index contributed by atoms with van der Waals surface area (Å²) >= 11 is 0. The lowest BCUT2D eigenvalue weighted by molar-refractivity contribution is 0.0600. The number of aromatic nitrogens is 1. The van der Waals surface area contributed by atoms with Crippen molar-refractivity contribution in [2.24, 2.45) is 0 Å². The quantitative estimate of drug-likeness (QED) is 0.842. The molecule has 0 bridgehead atoms. The van der Waals surface area contributed by atoms with E-state index in [0.29, 0.717) is 17.0 Å². The third-order valence-corrected chi connectivity index (χ3v) is 3.04. The van der Waals surface area contributed by atoms with Crippen LogP contribution in [0.5, 0.6) is 11.5 Å². The highest BCUT2D eigenvalue weighted by molar-refractivity contribution is 5.92. The van der Waals surface area contributed by atoms with Crippen molar-refractivity contribution in [2.75, 3.05) is 14.2 Å². The number of ether oxygens (including phenoxy) is 2. The summed E-state index contributed by atoms with van der Waals surface area (Å²) in [5.41, 5.74) is 0.687. The molecule has 0 aliphatic carbocycles. The normalized spacial score (nSPS) is 10.2. The summed E-state index contributed by atoms with van der Waals surface area (Å²) in [7, 11) is 2.71. The second-order valence-electron chi connectivity index (χ2n) is 4.45. The number of pyridine rings is 1. The average Bonchev–Trinajstić information content (AvgIpc) is 2.45. The van der Waals surface area contributed by atoms with E-state index >= 15 is 0 Å². The Hall–Kier alpha value is -2.76. The van der Waals surface area contributed by atoms with Crippen LogP contribution < -0.4 is 10.3 Å². The Bertz CT molecular complexity index is 748. The molecule has 1 aromatic heterocycles. The van der Waals surface area contributed by atoms with Gasteiger partial charge >= 0.3 is 5.97 Å². The molecule has 0 radical (unpaired) electrons. The Morgan fingerprint density at radius 1 is 1.24 bits per heavy atom. The topological polar surface area (TPSA) is 88.6 Å². The van der Waals surface area contributed by atoms with E-state index in [0.717, 1.165) is 0 Å². The molecule has 0 amide bonds. The third-order valence-electron chi connectivity index (χ3n) is 3.04. The summed E-state index contributed by atoms with van der Waals surface area (Å²) in [6, 6.07) is 5.94. The first-order valence-corrected chi connectivity index (χ1v) is 6.17.